The minimum Gasteiger partial charge on any atom is -0.480 e. The molecule has 0 radical (unpaired) electrons. The summed E-state index contributed by atoms with van der Waals surface area (Å²) in [6.07, 6.45) is 3.70. The highest BCUT2D eigenvalue weighted by Gasteiger charge is 2.16. The van der Waals surface area contributed by atoms with Gasteiger partial charge in [-0.2, -0.15) is 11.8 Å². The second-order valence-corrected chi connectivity index (χ2v) is 4.59. The van der Waals surface area contributed by atoms with E-state index in [9.17, 15) is 4.79 Å². The quantitative estimate of drug-likeness (QED) is 0.643. The zero-order valence-electron chi connectivity index (χ0n) is 8.15. The third kappa shape index (κ3) is 4.30. The standard InChI is InChI=1S/C9H17NO3S/c10-8(9(11)12)6-14-5-3-7-2-1-4-13-7/h7-8H,1-6,10H2,(H,11,12)/t7?,8-/m1/s1. The number of thioether (sulfide) groups is 1. The number of carbonyl (C=O) groups is 1. The average Bonchev–Trinajstić information content (AvgIpc) is 2.64. The molecule has 14 heavy (non-hydrogen) atoms. The molecule has 0 spiro atoms. The molecule has 3 N–H and O–H groups in total. The minimum atomic E-state index is -0.922. The lowest BCUT2D eigenvalue weighted by molar-refractivity contribution is -0.137. The van der Waals surface area contributed by atoms with Gasteiger partial charge in [0.1, 0.15) is 6.04 Å². The fourth-order valence-electron chi connectivity index (χ4n) is 1.37. The monoisotopic (exact) mass is 219 g/mol. The summed E-state index contributed by atoms with van der Waals surface area (Å²) in [6, 6.07) is -0.732. The molecule has 2 atom stereocenters. The van der Waals surface area contributed by atoms with E-state index in [0.717, 1.165) is 31.6 Å². The number of rotatable bonds is 6. The topological polar surface area (TPSA) is 72.5 Å². The van der Waals surface area contributed by atoms with E-state index in [4.69, 9.17) is 15.6 Å². The first-order chi connectivity index (χ1) is 6.70. The molecule has 4 nitrogen and oxygen atoms in total. The lowest BCUT2D eigenvalue weighted by Gasteiger charge is -2.09. The van der Waals surface area contributed by atoms with Gasteiger partial charge >= 0.3 is 5.97 Å². The molecule has 5 heteroatoms. The Morgan fingerprint density at radius 3 is 3.07 bits per heavy atom. The second-order valence-electron chi connectivity index (χ2n) is 3.44. The Labute approximate surface area is 88.2 Å². The van der Waals surface area contributed by atoms with E-state index in [0.29, 0.717) is 11.9 Å². The number of carboxylic acid groups (broad SMARTS) is 1. The van der Waals surface area contributed by atoms with E-state index in [1.54, 1.807) is 11.8 Å². The molecule has 1 fully saturated rings. The van der Waals surface area contributed by atoms with Crippen LogP contribution in [-0.2, 0) is 9.53 Å². The maximum absolute atomic E-state index is 10.4. The van der Waals surface area contributed by atoms with Crippen molar-refractivity contribution in [1.29, 1.82) is 0 Å². The summed E-state index contributed by atoms with van der Waals surface area (Å²) in [5.74, 6) is 0.503. The first kappa shape index (κ1) is 11.8. The highest BCUT2D eigenvalue weighted by atomic mass is 32.2. The number of aliphatic carboxylic acids is 1. The summed E-state index contributed by atoms with van der Waals surface area (Å²) >= 11 is 1.59. The van der Waals surface area contributed by atoms with E-state index in [1.165, 1.54) is 0 Å². The molecule has 1 aliphatic heterocycles. The van der Waals surface area contributed by atoms with Crippen LogP contribution in [0.2, 0.25) is 0 Å². The molecule has 0 aromatic rings. The lowest BCUT2D eigenvalue weighted by atomic mass is 10.2. The summed E-state index contributed by atoms with van der Waals surface area (Å²) in [5.41, 5.74) is 5.36. The van der Waals surface area contributed by atoms with Crippen molar-refractivity contribution in [2.75, 3.05) is 18.1 Å². The van der Waals surface area contributed by atoms with E-state index in [-0.39, 0.29) is 0 Å². The van der Waals surface area contributed by atoms with Crippen molar-refractivity contribution in [1.82, 2.24) is 0 Å². The number of hydrogen-bond acceptors (Lipinski definition) is 4. The Bertz CT molecular complexity index is 183. The molecule has 0 bridgehead atoms. The first-order valence-corrected chi connectivity index (χ1v) is 6.03. The Morgan fingerprint density at radius 1 is 1.71 bits per heavy atom. The molecule has 82 valence electrons. The third-order valence-corrected chi connectivity index (χ3v) is 3.34. The second kappa shape index (κ2) is 6.27. The summed E-state index contributed by atoms with van der Waals surface area (Å²) in [5, 5.41) is 8.53. The first-order valence-electron chi connectivity index (χ1n) is 4.88. The highest BCUT2D eigenvalue weighted by Crippen LogP contribution is 2.17. The van der Waals surface area contributed by atoms with Crippen LogP contribution in [-0.4, -0.2) is 41.3 Å². The molecule has 0 aromatic carbocycles. The molecule has 0 amide bonds. The third-order valence-electron chi connectivity index (χ3n) is 2.22. The van der Waals surface area contributed by atoms with Gasteiger partial charge in [-0.3, -0.25) is 4.79 Å². The molecule has 1 heterocycles. The van der Waals surface area contributed by atoms with E-state index < -0.39 is 12.0 Å². The van der Waals surface area contributed by atoms with Gasteiger partial charge in [-0.1, -0.05) is 0 Å². The van der Waals surface area contributed by atoms with Crippen molar-refractivity contribution in [3.05, 3.63) is 0 Å². The summed E-state index contributed by atoms with van der Waals surface area (Å²) in [7, 11) is 0. The van der Waals surface area contributed by atoms with Crippen LogP contribution in [0.15, 0.2) is 0 Å². The van der Waals surface area contributed by atoms with Crippen LogP contribution < -0.4 is 5.73 Å². The zero-order valence-corrected chi connectivity index (χ0v) is 8.96. The van der Waals surface area contributed by atoms with Gasteiger partial charge in [0.05, 0.1) is 6.10 Å². The van der Waals surface area contributed by atoms with E-state index in [1.807, 2.05) is 0 Å². The largest absolute Gasteiger partial charge is 0.480 e. The Kier molecular flexibility index (Phi) is 5.29. The smallest absolute Gasteiger partial charge is 0.321 e. The van der Waals surface area contributed by atoms with Gasteiger partial charge in [-0.25, -0.2) is 0 Å². The number of hydrogen-bond donors (Lipinski definition) is 2. The van der Waals surface area contributed by atoms with Gasteiger partial charge < -0.3 is 15.6 Å². The Balaban J connectivity index is 1.95. The van der Waals surface area contributed by atoms with Crippen molar-refractivity contribution in [2.24, 2.45) is 5.73 Å². The van der Waals surface area contributed by atoms with E-state index in [2.05, 4.69) is 0 Å². The molecule has 1 saturated heterocycles. The van der Waals surface area contributed by atoms with Crippen molar-refractivity contribution in [2.45, 2.75) is 31.4 Å². The lowest BCUT2D eigenvalue weighted by Crippen LogP contribution is -2.32. The predicted molar refractivity (Wildman–Crippen MR) is 56.5 cm³/mol. The summed E-state index contributed by atoms with van der Waals surface area (Å²) < 4.78 is 5.45. The fraction of sp³-hybridized carbons (Fsp3) is 0.889. The molecule has 0 aromatic heterocycles. The maximum atomic E-state index is 10.4. The van der Waals surface area contributed by atoms with Crippen LogP contribution in [0.3, 0.4) is 0 Å². The number of nitrogens with two attached hydrogens (primary N) is 1. The van der Waals surface area contributed by atoms with Gasteiger partial charge in [0.2, 0.25) is 0 Å². The fourth-order valence-corrected chi connectivity index (χ4v) is 2.36. The Morgan fingerprint density at radius 2 is 2.50 bits per heavy atom. The van der Waals surface area contributed by atoms with Crippen LogP contribution in [0.5, 0.6) is 0 Å². The normalized spacial score (nSPS) is 23.6. The van der Waals surface area contributed by atoms with Crippen LogP contribution in [0.4, 0.5) is 0 Å². The SMILES string of the molecule is N[C@H](CSCCC1CCCO1)C(=O)O. The summed E-state index contributed by atoms with van der Waals surface area (Å²) in [4.78, 5) is 10.4. The molecule has 0 aliphatic carbocycles. The van der Waals surface area contributed by atoms with Crippen LogP contribution in [0, 0.1) is 0 Å². The predicted octanol–water partition coefficient (Wildman–Crippen LogP) is 0.701. The molecule has 1 unspecified atom stereocenters. The van der Waals surface area contributed by atoms with Crippen molar-refractivity contribution < 1.29 is 14.6 Å². The van der Waals surface area contributed by atoms with Crippen LogP contribution in [0.1, 0.15) is 19.3 Å². The maximum Gasteiger partial charge on any atom is 0.321 e. The Hall–Kier alpha value is -0.260. The number of ether oxygens (including phenoxy) is 1. The van der Waals surface area contributed by atoms with Gasteiger partial charge in [-0.15, -0.1) is 0 Å². The van der Waals surface area contributed by atoms with Gasteiger partial charge in [0.15, 0.2) is 0 Å². The average molecular weight is 219 g/mol. The molecular weight excluding hydrogens is 202 g/mol. The van der Waals surface area contributed by atoms with Crippen molar-refractivity contribution >= 4 is 17.7 Å². The molecular formula is C9H17NO3S. The number of carboxylic acids is 1. The van der Waals surface area contributed by atoms with Gasteiger partial charge in [0.25, 0.3) is 0 Å². The molecule has 1 aliphatic rings. The van der Waals surface area contributed by atoms with Gasteiger partial charge in [0, 0.05) is 12.4 Å². The molecule has 0 saturated carbocycles. The summed E-state index contributed by atoms with van der Waals surface area (Å²) in [6.45, 7) is 0.879. The van der Waals surface area contributed by atoms with Gasteiger partial charge in [-0.05, 0) is 25.0 Å². The molecule has 1 rings (SSSR count). The van der Waals surface area contributed by atoms with Crippen molar-refractivity contribution in [3.63, 3.8) is 0 Å². The highest BCUT2D eigenvalue weighted by molar-refractivity contribution is 7.99. The van der Waals surface area contributed by atoms with Crippen LogP contribution >= 0.6 is 11.8 Å². The van der Waals surface area contributed by atoms with Crippen LogP contribution in [0.25, 0.3) is 0 Å². The minimum absolute atomic E-state index is 0.392. The van der Waals surface area contributed by atoms with Crippen molar-refractivity contribution in [3.8, 4) is 0 Å². The zero-order chi connectivity index (χ0) is 10.4. The van der Waals surface area contributed by atoms with E-state index >= 15 is 0 Å².